The molecule has 2 aromatic rings. The third kappa shape index (κ3) is 7.70. The number of phenolic OH excluding ortho intramolecular Hbond substituents is 2. The van der Waals surface area contributed by atoms with E-state index >= 15 is 0 Å². The maximum absolute atomic E-state index is 13.9. The van der Waals surface area contributed by atoms with Crippen molar-refractivity contribution in [2.45, 2.75) is 81.7 Å². The zero-order valence-electron chi connectivity index (χ0n) is 30.0. The van der Waals surface area contributed by atoms with Gasteiger partial charge in [0.15, 0.2) is 17.9 Å². The molecule has 294 valence electrons. The largest absolute Gasteiger partial charge is 0.507 e. The van der Waals surface area contributed by atoms with Gasteiger partial charge in [-0.3, -0.25) is 24.0 Å². The normalized spacial score (nSPS) is 25.2. The summed E-state index contributed by atoms with van der Waals surface area (Å²) < 4.78 is 27.5. The van der Waals surface area contributed by atoms with E-state index in [2.05, 4.69) is 5.32 Å². The Kier molecular flexibility index (Phi) is 12.7. The minimum atomic E-state index is -2.38. The highest BCUT2D eigenvalue weighted by molar-refractivity contribution is 6.31. The van der Waals surface area contributed by atoms with Crippen LogP contribution in [0.1, 0.15) is 88.1 Å². The van der Waals surface area contributed by atoms with Gasteiger partial charge in [-0.25, -0.2) is 0 Å². The number of fused-ring (bicyclic) bond motifs is 3. The highest BCUT2D eigenvalue weighted by Crippen LogP contribution is 2.52. The first-order chi connectivity index (χ1) is 25.7. The van der Waals surface area contributed by atoms with Crippen molar-refractivity contribution in [2.24, 2.45) is 5.92 Å². The van der Waals surface area contributed by atoms with Crippen LogP contribution in [0.5, 0.6) is 17.2 Å². The number of ketones is 3. The maximum Gasteiger partial charge on any atom is 0.318 e. The molecule has 1 fully saturated rings. The van der Waals surface area contributed by atoms with Crippen LogP contribution in [0.4, 0.5) is 0 Å². The van der Waals surface area contributed by atoms with Crippen LogP contribution in [0.2, 0.25) is 0 Å². The zero-order chi connectivity index (χ0) is 39.5. The molecule has 5 unspecified atom stereocenters. The molecule has 0 radical (unpaired) electrons. The van der Waals surface area contributed by atoms with Crippen LogP contribution < -0.4 is 10.1 Å². The number of aliphatic hydroxyl groups is 4. The molecule has 3 aliphatic rings. The fourth-order valence-electron chi connectivity index (χ4n) is 7.28. The van der Waals surface area contributed by atoms with Gasteiger partial charge < -0.3 is 59.6 Å². The number of nitrogens with one attached hydrogen (secondary N) is 1. The number of methoxy groups -OCH3 is 2. The Morgan fingerprint density at radius 1 is 1.02 bits per heavy atom. The summed E-state index contributed by atoms with van der Waals surface area (Å²) in [7, 11) is 2.71. The highest BCUT2D eigenvalue weighted by Gasteiger charge is 2.50. The van der Waals surface area contributed by atoms with Gasteiger partial charge in [-0.2, -0.15) is 0 Å². The van der Waals surface area contributed by atoms with Crippen molar-refractivity contribution < 1.29 is 78.3 Å². The summed E-state index contributed by atoms with van der Waals surface area (Å²) in [4.78, 5) is 66.9. The molecule has 17 nitrogen and oxygen atoms in total. The molecule has 0 aromatic heterocycles. The molecule has 1 amide bonds. The average molecular weight is 760 g/mol. The molecule has 17 heteroatoms. The molecule has 1 aliphatic heterocycles. The van der Waals surface area contributed by atoms with E-state index in [0.717, 1.165) is 0 Å². The van der Waals surface area contributed by atoms with Gasteiger partial charge >= 0.3 is 5.97 Å². The number of aromatic hydroxyl groups is 2. The molecule has 54 heavy (non-hydrogen) atoms. The van der Waals surface area contributed by atoms with Crippen molar-refractivity contribution in [1.82, 2.24) is 5.32 Å². The quantitative estimate of drug-likeness (QED) is 0.0470. The second kappa shape index (κ2) is 16.9. The summed E-state index contributed by atoms with van der Waals surface area (Å²) in [5.74, 6) is -7.14. The molecule has 0 spiro atoms. The summed E-state index contributed by atoms with van der Waals surface area (Å²) in [6.07, 6.45) is -6.06. The number of esters is 1. The van der Waals surface area contributed by atoms with Crippen LogP contribution >= 0.6 is 0 Å². The minimum absolute atomic E-state index is 0.0357. The molecule has 7 N–H and O–H groups in total. The fraction of sp³-hybridized carbons (Fsp3) is 0.541. The minimum Gasteiger partial charge on any atom is -0.507 e. The van der Waals surface area contributed by atoms with Gasteiger partial charge in [0.25, 0.3) is 0 Å². The van der Waals surface area contributed by atoms with E-state index in [4.69, 9.17) is 23.7 Å². The van der Waals surface area contributed by atoms with Gasteiger partial charge in [-0.1, -0.05) is 12.1 Å². The van der Waals surface area contributed by atoms with E-state index in [-0.39, 0.29) is 60.7 Å². The first-order valence-electron chi connectivity index (χ1n) is 17.5. The molecular formula is C37H45NO16. The van der Waals surface area contributed by atoms with Crippen LogP contribution in [0.15, 0.2) is 18.2 Å². The Balaban J connectivity index is 1.49. The number of benzene rings is 2. The second-order valence-electron chi connectivity index (χ2n) is 13.5. The molecule has 1 heterocycles. The van der Waals surface area contributed by atoms with Crippen molar-refractivity contribution in [3.8, 4) is 17.2 Å². The SMILES string of the molecule is COCCOC(=O)C(CCCCO)C(=O)NC1CC(O[C@H]2C[C@](O)(C(=O)CO)Cc3c(O)c4c(c(O)c32)C(=O)c2c(OC)cccc2C4=O)OC(C)C1O. The number of ether oxygens (including phenoxy) is 5. The molecule has 1 saturated heterocycles. The van der Waals surface area contributed by atoms with Gasteiger partial charge in [-0.05, 0) is 32.3 Å². The summed E-state index contributed by atoms with van der Waals surface area (Å²) >= 11 is 0. The first-order valence-corrected chi connectivity index (χ1v) is 17.5. The predicted octanol–water partition coefficient (Wildman–Crippen LogP) is 0.127. The summed E-state index contributed by atoms with van der Waals surface area (Å²) in [5, 5.41) is 67.5. The van der Waals surface area contributed by atoms with Crippen molar-refractivity contribution in [3.05, 3.63) is 51.6 Å². The second-order valence-corrected chi connectivity index (χ2v) is 13.5. The number of aliphatic hydroxyl groups excluding tert-OH is 3. The van der Waals surface area contributed by atoms with Gasteiger partial charge in [-0.15, -0.1) is 0 Å². The van der Waals surface area contributed by atoms with Crippen molar-refractivity contribution in [1.29, 1.82) is 0 Å². The van der Waals surface area contributed by atoms with Crippen LogP contribution in [0.3, 0.4) is 0 Å². The molecule has 0 saturated carbocycles. The van der Waals surface area contributed by atoms with Crippen molar-refractivity contribution in [2.75, 3.05) is 40.6 Å². The van der Waals surface area contributed by atoms with Crippen LogP contribution in [0, 0.1) is 5.92 Å². The number of carbonyl (C=O) groups excluding carboxylic acids is 5. The Hall–Kier alpha value is -4.49. The number of unbranched alkanes of at least 4 members (excludes halogenated alkanes) is 1. The smallest absolute Gasteiger partial charge is 0.318 e. The van der Waals surface area contributed by atoms with E-state index < -0.39 is 113 Å². The lowest BCUT2D eigenvalue weighted by Crippen LogP contribution is -2.57. The fourth-order valence-corrected chi connectivity index (χ4v) is 7.28. The van der Waals surface area contributed by atoms with Gasteiger partial charge in [0.05, 0.1) is 48.7 Å². The Morgan fingerprint density at radius 2 is 1.74 bits per heavy atom. The maximum atomic E-state index is 13.9. The van der Waals surface area contributed by atoms with Gasteiger partial charge in [0, 0.05) is 49.7 Å². The van der Waals surface area contributed by atoms with E-state index in [1.165, 1.54) is 39.3 Å². The predicted molar refractivity (Wildman–Crippen MR) is 183 cm³/mol. The molecule has 2 aromatic carbocycles. The number of phenols is 2. The molecule has 5 rings (SSSR count). The van der Waals surface area contributed by atoms with E-state index in [0.29, 0.717) is 12.8 Å². The summed E-state index contributed by atoms with van der Waals surface area (Å²) in [6, 6.07) is 3.17. The number of Topliss-reactive ketones (excluding diaryl/α,β-unsaturated/α-hetero) is 1. The number of amides is 1. The topological polar surface area (TPSA) is 265 Å². The van der Waals surface area contributed by atoms with E-state index in [9.17, 15) is 54.6 Å². The van der Waals surface area contributed by atoms with Crippen LogP contribution in [0.25, 0.3) is 0 Å². The van der Waals surface area contributed by atoms with E-state index in [1.54, 1.807) is 0 Å². The zero-order valence-corrected chi connectivity index (χ0v) is 30.0. The third-order valence-electron chi connectivity index (χ3n) is 10.1. The molecule has 0 bridgehead atoms. The Bertz CT molecular complexity index is 1790. The van der Waals surface area contributed by atoms with Crippen LogP contribution in [-0.2, 0) is 39.8 Å². The third-order valence-corrected chi connectivity index (χ3v) is 10.1. The number of hydrogen-bond acceptors (Lipinski definition) is 16. The lowest BCUT2D eigenvalue weighted by atomic mass is 9.72. The molecular weight excluding hydrogens is 714 g/mol. The lowest BCUT2D eigenvalue weighted by Gasteiger charge is -2.43. The lowest BCUT2D eigenvalue weighted by molar-refractivity contribution is -0.249. The Labute approximate surface area is 309 Å². The monoisotopic (exact) mass is 759 g/mol. The van der Waals surface area contributed by atoms with Crippen LogP contribution in [-0.4, -0.2) is 131 Å². The van der Waals surface area contributed by atoms with Crippen molar-refractivity contribution in [3.63, 3.8) is 0 Å². The number of rotatable bonds is 15. The standard InChI is InChI=1S/C37H45NO16/c1-17-30(42)21(38-35(47)19(7-4-5-10-39)36(48)52-12-11-50-2)13-25(53-17)54-23-15-37(49,24(41)16-40)14-20-27(23)34(46)29-28(32(20)44)31(43)18-8-6-9-22(51-3)26(18)33(29)45/h6,8-9,17,19,21,23,25,30,39-40,42,44,46,49H,4-5,7,10-16H2,1-3H3,(H,38,47)/t17?,19?,21?,23-,25?,30?,37-/m0/s1. The molecule has 2 aliphatic carbocycles. The number of carbonyl (C=O) groups is 5. The number of hydrogen-bond donors (Lipinski definition) is 7. The van der Waals surface area contributed by atoms with E-state index in [1.807, 2.05) is 0 Å². The average Bonchev–Trinajstić information content (AvgIpc) is 3.14. The summed E-state index contributed by atoms with van der Waals surface area (Å²) in [6.45, 7) is 0.203. The Morgan fingerprint density at radius 3 is 2.41 bits per heavy atom. The highest BCUT2D eigenvalue weighted by atomic mass is 16.7. The first kappa shape index (κ1) is 40.7. The summed E-state index contributed by atoms with van der Waals surface area (Å²) in [5.41, 5.74) is -4.27. The van der Waals surface area contributed by atoms with Crippen molar-refractivity contribution >= 4 is 29.2 Å². The van der Waals surface area contributed by atoms with Gasteiger partial charge in [0.1, 0.15) is 48.1 Å². The molecule has 7 atom stereocenters. The van der Waals surface area contributed by atoms with Gasteiger partial charge in [0.2, 0.25) is 11.7 Å².